The zero-order valence-corrected chi connectivity index (χ0v) is 16.5. The molecular formula is C18H18BrN7O2. The van der Waals surface area contributed by atoms with Crippen LogP contribution in [0.3, 0.4) is 0 Å². The molecule has 3 aromatic heterocycles. The summed E-state index contributed by atoms with van der Waals surface area (Å²) < 4.78 is 13.8. The van der Waals surface area contributed by atoms with Gasteiger partial charge in [0.25, 0.3) is 0 Å². The third kappa shape index (κ3) is 3.40. The van der Waals surface area contributed by atoms with Crippen molar-refractivity contribution in [1.82, 2.24) is 29.5 Å². The number of nitrogens with one attached hydrogen (secondary N) is 2. The van der Waals surface area contributed by atoms with Crippen molar-refractivity contribution in [2.45, 2.75) is 25.5 Å². The van der Waals surface area contributed by atoms with Crippen LogP contribution in [0.4, 0.5) is 5.95 Å². The van der Waals surface area contributed by atoms with Crippen molar-refractivity contribution in [2.75, 3.05) is 18.5 Å². The molecule has 0 amide bonds. The van der Waals surface area contributed by atoms with Crippen molar-refractivity contribution >= 4 is 38.6 Å². The predicted octanol–water partition coefficient (Wildman–Crippen LogP) is 2.93. The predicted molar refractivity (Wildman–Crippen MR) is 106 cm³/mol. The van der Waals surface area contributed by atoms with E-state index in [9.17, 15) is 0 Å². The molecule has 2 N–H and O–H groups in total. The van der Waals surface area contributed by atoms with Crippen molar-refractivity contribution in [3.8, 4) is 6.01 Å². The average Bonchev–Trinajstić information content (AvgIpc) is 3.30. The number of rotatable bonds is 5. The zero-order valence-electron chi connectivity index (χ0n) is 14.9. The minimum atomic E-state index is 0.0566. The summed E-state index contributed by atoms with van der Waals surface area (Å²) in [5.41, 5.74) is 2.57. The SMILES string of the molecule is Brc1cnn2c(NCc3nc4ccccc4[nH]3)nc(OC3CCOCC3)nc12. The van der Waals surface area contributed by atoms with Crippen LogP contribution in [0.5, 0.6) is 6.01 Å². The van der Waals surface area contributed by atoms with Gasteiger partial charge in [-0.1, -0.05) is 12.1 Å². The number of H-pyrrole nitrogens is 1. The van der Waals surface area contributed by atoms with Crippen LogP contribution in [0.1, 0.15) is 18.7 Å². The van der Waals surface area contributed by atoms with Gasteiger partial charge < -0.3 is 19.8 Å². The van der Waals surface area contributed by atoms with Crippen molar-refractivity contribution in [2.24, 2.45) is 0 Å². The molecule has 10 heteroatoms. The Morgan fingerprint density at radius 1 is 1.21 bits per heavy atom. The van der Waals surface area contributed by atoms with E-state index in [1.54, 1.807) is 10.7 Å². The number of para-hydroxylation sites is 2. The first kappa shape index (κ1) is 17.4. The third-order valence-electron chi connectivity index (χ3n) is 4.60. The Morgan fingerprint density at radius 3 is 2.93 bits per heavy atom. The van der Waals surface area contributed by atoms with Crippen molar-refractivity contribution in [3.63, 3.8) is 0 Å². The highest BCUT2D eigenvalue weighted by Gasteiger charge is 2.19. The second-order valence-corrected chi connectivity index (χ2v) is 7.40. The molecule has 9 nitrogen and oxygen atoms in total. The summed E-state index contributed by atoms with van der Waals surface area (Å²) in [5, 5.41) is 7.62. The first-order chi connectivity index (χ1) is 13.8. The fraction of sp³-hybridized carbons (Fsp3) is 0.333. The highest BCUT2D eigenvalue weighted by molar-refractivity contribution is 9.10. The molecule has 0 atom stereocenters. The van der Waals surface area contributed by atoms with Crippen LogP contribution in [0, 0.1) is 0 Å². The summed E-state index contributed by atoms with van der Waals surface area (Å²) in [5.74, 6) is 1.35. The molecule has 1 aliphatic rings. The molecule has 0 aliphatic carbocycles. The Bertz CT molecular complexity index is 1090. The molecule has 5 rings (SSSR count). The quantitative estimate of drug-likeness (QED) is 0.488. The van der Waals surface area contributed by atoms with Crippen molar-refractivity contribution in [3.05, 3.63) is 40.8 Å². The number of hydrogen-bond donors (Lipinski definition) is 2. The molecule has 4 heterocycles. The number of nitrogens with zero attached hydrogens (tertiary/aromatic N) is 5. The van der Waals surface area contributed by atoms with E-state index in [1.807, 2.05) is 24.3 Å². The van der Waals surface area contributed by atoms with E-state index in [4.69, 9.17) is 9.47 Å². The maximum absolute atomic E-state index is 6.00. The summed E-state index contributed by atoms with van der Waals surface area (Å²) in [6.07, 6.45) is 3.41. The standard InChI is InChI=1S/C18H18BrN7O2/c19-12-9-21-26-16(12)24-18(28-11-5-7-27-8-6-11)25-17(26)20-10-15-22-13-3-1-2-4-14(13)23-15/h1-4,9,11H,5-8,10H2,(H,22,23)(H,20,24,25). The van der Waals surface area contributed by atoms with Crippen LogP contribution < -0.4 is 10.1 Å². The summed E-state index contributed by atoms with van der Waals surface area (Å²) in [6, 6.07) is 8.25. The molecule has 4 aromatic rings. The first-order valence-electron chi connectivity index (χ1n) is 9.09. The molecule has 28 heavy (non-hydrogen) atoms. The van der Waals surface area contributed by atoms with E-state index >= 15 is 0 Å². The number of aromatic nitrogens is 6. The van der Waals surface area contributed by atoms with Gasteiger partial charge in [0, 0.05) is 12.8 Å². The molecular weight excluding hydrogens is 426 g/mol. The highest BCUT2D eigenvalue weighted by atomic mass is 79.9. The van der Waals surface area contributed by atoms with Crippen LogP contribution in [-0.2, 0) is 11.3 Å². The van der Waals surface area contributed by atoms with E-state index in [1.165, 1.54) is 0 Å². The van der Waals surface area contributed by atoms with E-state index in [2.05, 4.69) is 46.3 Å². The van der Waals surface area contributed by atoms with Gasteiger partial charge in [0.05, 0.1) is 41.5 Å². The van der Waals surface area contributed by atoms with Gasteiger partial charge in [-0.25, -0.2) is 4.98 Å². The van der Waals surface area contributed by atoms with Gasteiger partial charge in [-0.05, 0) is 28.1 Å². The molecule has 1 aliphatic heterocycles. The molecule has 0 spiro atoms. The fourth-order valence-corrected chi connectivity index (χ4v) is 3.54. The van der Waals surface area contributed by atoms with Crippen LogP contribution in [0.25, 0.3) is 16.7 Å². The molecule has 1 saturated heterocycles. The van der Waals surface area contributed by atoms with E-state index in [0.29, 0.717) is 37.4 Å². The van der Waals surface area contributed by atoms with Gasteiger partial charge in [0.15, 0.2) is 5.65 Å². The molecule has 1 aromatic carbocycles. The normalized spacial score (nSPS) is 15.3. The highest BCUT2D eigenvalue weighted by Crippen LogP contribution is 2.23. The number of fused-ring (bicyclic) bond motifs is 2. The average molecular weight is 444 g/mol. The Hall–Kier alpha value is -2.72. The number of imidazole rings is 1. The number of benzene rings is 1. The molecule has 1 fully saturated rings. The van der Waals surface area contributed by atoms with Gasteiger partial charge in [-0.3, -0.25) is 0 Å². The summed E-state index contributed by atoms with van der Waals surface area (Å²) >= 11 is 3.48. The summed E-state index contributed by atoms with van der Waals surface area (Å²) in [6.45, 7) is 1.86. The Balaban J connectivity index is 1.41. The first-order valence-corrected chi connectivity index (χ1v) is 9.89. The number of ether oxygens (including phenoxy) is 2. The van der Waals surface area contributed by atoms with Crippen LogP contribution in [-0.4, -0.2) is 48.9 Å². The van der Waals surface area contributed by atoms with Gasteiger partial charge in [0.2, 0.25) is 5.95 Å². The largest absolute Gasteiger partial charge is 0.460 e. The van der Waals surface area contributed by atoms with Crippen LogP contribution >= 0.6 is 15.9 Å². The minimum Gasteiger partial charge on any atom is -0.460 e. The Morgan fingerprint density at radius 2 is 2.07 bits per heavy atom. The molecule has 144 valence electrons. The van der Waals surface area contributed by atoms with Gasteiger partial charge in [-0.2, -0.15) is 19.6 Å². The third-order valence-corrected chi connectivity index (χ3v) is 5.16. The van der Waals surface area contributed by atoms with Gasteiger partial charge in [-0.15, -0.1) is 0 Å². The Labute approximate surface area is 168 Å². The smallest absolute Gasteiger partial charge is 0.322 e. The lowest BCUT2D eigenvalue weighted by atomic mass is 10.2. The number of anilines is 1. The Kier molecular flexibility index (Phi) is 4.57. The number of halogens is 1. The zero-order chi connectivity index (χ0) is 18.9. The van der Waals surface area contributed by atoms with Crippen molar-refractivity contribution < 1.29 is 9.47 Å². The van der Waals surface area contributed by atoms with E-state index in [-0.39, 0.29) is 6.10 Å². The van der Waals surface area contributed by atoms with Crippen molar-refractivity contribution in [1.29, 1.82) is 0 Å². The monoisotopic (exact) mass is 443 g/mol. The lowest BCUT2D eigenvalue weighted by molar-refractivity contribution is 0.0218. The summed E-state index contributed by atoms with van der Waals surface area (Å²) in [7, 11) is 0. The molecule has 0 bridgehead atoms. The lowest BCUT2D eigenvalue weighted by Crippen LogP contribution is -2.27. The van der Waals surface area contributed by atoms with Crippen LogP contribution in [0.15, 0.2) is 34.9 Å². The van der Waals surface area contributed by atoms with Gasteiger partial charge >= 0.3 is 6.01 Å². The molecule has 0 unspecified atom stereocenters. The molecule has 0 radical (unpaired) electrons. The van der Waals surface area contributed by atoms with Crippen LogP contribution in [0.2, 0.25) is 0 Å². The van der Waals surface area contributed by atoms with Gasteiger partial charge in [0.1, 0.15) is 11.9 Å². The molecule has 0 saturated carbocycles. The number of hydrogen-bond acceptors (Lipinski definition) is 7. The maximum Gasteiger partial charge on any atom is 0.322 e. The topological polar surface area (TPSA) is 102 Å². The minimum absolute atomic E-state index is 0.0566. The fourth-order valence-electron chi connectivity index (χ4n) is 3.19. The second kappa shape index (κ2) is 7.36. The second-order valence-electron chi connectivity index (χ2n) is 6.54. The number of aromatic amines is 1. The van der Waals surface area contributed by atoms with E-state index < -0.39 is 0 Å². The summed E-state index contributed by atoms with van der Waals surface area (Å²) in [4.78, 5) is 16.9. The van der Waals surface area contributed by atoms with E-state index in [0.717, 1.165) is 34.2 Å². The lowest BCUT2D eigenvalue weighted by Gasteiger charge is -2.22. The maximum atomic E-state index is 6.00.